The van der Waals surface area contributed by atoms with Crippen LogP contribution in [0.3, 0.4) is 0 Å². The summed E-state index contributed by atoms with van der Waals surface area (Å²) < 4.78 is 5.42. The lowest BCUT2D eigenvalue weighted by atomic mass is 10.1. The lowest BCUT2D eigenvalue weighted by molar-refractivity contribution is -0.385. The normalized spacial score (nSPS) is 11.0. The van der Waals surface area contributed by atoms with Crippen LogP contribution in [0, 0.1) is 17.0 Å². The van der Waals surface area contributed by atoms with E-state index in [1.807, 2.05) is 0 Å². The SMILES string of the molecule is Cc1c(Cl)cc(-c2ccc(/C=C/C(=O)O)o2)cc1[N+](=O)[O-]. The van der Waals surface area contributed by atoms with Crippen LogP contribution in [-0.4, -0.2) is 16.0 Å². The van der Waals surface area contributed by atoms with E-state index in [2.05, 4.69) is 0 Å². The molecule has 1 N–H and O–H groups in total. The highest BCUT2D eigenvalue weighted by atomic mass is 35.5. The number of benzene rings is 1. The Bertz CT molecular complexity index is 748. The molecule has 0 unspecified atom stereocenters. The minimum absolute atomic E-state index is 0.100. The molecule has 0 saturated carbocycles. The summed E-state index contributed by atoms with van der Waals surface area (Å²) in [7, 11) is 0. The number of hydrogen-bond acceptors (Lipinski definition) is 4. The monoisotopic (exact) mass is 307 g/mol. The molecule has 0 aliphatic carbocycles. The van der Waals surface area contributed by atoms with Crippen molar-refractivity contribution in [2.75, 3.05) is 0 Å². The van der Waals surface area contributed by atoms with Crippen LogP contribution in [0.5, 0.6) is 0 Å². The molecule has 0 atom stereocenters. The Morgan fingerprint density at radius 2 is 2.14 bits per heavy atom. The first-order chi connectivity index (χ1) is 9.88. The zero-order valence-electron chi connectivity index (χ0n) is 10.9. The third-order valence-electron chi connectivity index (χ3n) is 2.82. The van der Waals surface area contributed by atoms with Crippen LogP contribution in [0.4, 0.5) is 5.69 Å². The summed E-state index contributed by atoms with van der Waals surface area (Å²) in [6, 6.07) is 6.08. The molecule has 108 valence electrons. The van der Waals surface area contributed by atoms with Crippen LogP contribution in [-0.2, 0) is 4.79 Å². The summed E-state index contributed by atoms with van der Waals surface area (Å²) in [4.78, 5) is 20.9. The van der Waals surface area contributed by atoms with Crippen molar-refractivity contribution in [1.82, 2.24) is 0 Å². The molecule has 1 aromatic carbocycles. The second-order valence-electron chi connectivity index (χ2n) is 4.23. The van der Waals surface area contributed by atoms with Gasteiger partial charge in [0, 0.05) is 23.3 Å². The minimum Gasteiger partial charge on any atom is -0.478 e. The summed E-state index contributed by atoms with van der Waals surface area (Å²) in [6.45, 7) is 1.56. The highest BCUT2D eigenvalue weighted by molar-refractivity contribution is 6.32. The van der Waals surface area contributed by atoms with Gasteiger partial charge in [-0.15, -0.1) is 0 Å². The van der Waals surface area contributed by atoms with Crippen LogP contribution in [0.25, 0.3) is 17.4 Å². The Morgan fingerprint density at radius 3 is 2.76 bits per heavy atom. The van der Waals surface area contributed by atoms with Crippen molar-refractivity contribution in [3.05, 3.63) is 56.8 Å². The van der Waals surface area contributed by atoms with Crippen molar-refractivity contribution >= 4 is 29.3 Å². The molecule has 2 rings (SSSR count). The number of hydrogen-bond donors (Lipinski definition) is 1. The molecule has 1 heterocycles. The van der Waals surface area contributed by atoms with Gasteiger partial charge < -0.3 is 9.52 Å². The lowest BCUT2D eigenvalue weighted by Gasteiger charge is -2.03. The molecule has 0 bridgehead atoms. The molecule has 1 aromatic heterocycles. The maximum atomic E-state index is 11.0. The third kappa shape index (κ3) is 3.29. The molecule has 7 heteroatoms. The lowest BCUT2D eigenvalue weighted by Crippen LogP contribution is -1.93. The number of halogens is 1. The van der Waals surface area contributed by atoms with Gasteiger partial charge in [0.1, 0.15) is 11.5 Å². The molecular weight excluding hydrogens is 298 g/mol. The first kappa shape index (κ1) is 14.8. The van der Waals surface area contributed by atoms with Gasteiger partial charge in [0.2, 0.25) is 0 Å². The van der Waals surface area contributed by atoms with E-state index in [9.17, 15) is 14.9 Å². The van der Waals surface area contributed by atoms with Gasteiger partial charge in [-0.3, -0.25) is 10.1 Å². The molecular formula is C14H10ClNO5. The van der Waals surface area contributed by atoms with Gasteiger partial charge in [0.25, 0.3) is 5.69 Å². The predicted molar refractivity (Wildman–Crippen MR) is 77.2 cm³/mol. The second kappa shape index (κ2) is 5.80. The zero-order valence-corrected chi connectivity index (χ0v) is 11.6. The van der Waals surface area contributed by atoms with E-state index in [0.29, 0.717) is 22.6 Å². The molecule has 2 aromatic rings. The van der Waals surface area contributed by atoms with Crippen molar-refractivity contribution in [1.29, 1.82) is 0 Å². The molecule has 0 spiro atoms. The van der Waals surface area contributed by atoms with Gasteiger partial charge in [-0.2, -0.15) is 0 Å². The quantitative estimate of drug-likeness (QED) is 0.525. The summed E-state index contributed by atoms with van der Waals surface area (Å²) in [5.74, 6) is -0.404. The van der Waals surface area contributed by atoms with Crippen LogP contribution >= 0.6 is 11.6 Å². The Hall–Kier alpha value is -2.60. The van der Waals surface area contributed by atoms with Crippen LogP contribution in [0.15, 0.2) is 34.8 Å². The van der Waals surface area contributed by atoms with E-state index in [-0.39, 0.29) is 10.7 Å². The van der Waals surface area contributed by atoms with Crippen molar-refractivity contribution < 1.29 is 19.2 Å². The Morgan fingerprint density at radius 1 is 1.43 bits per heavy atom. The van der Waals surface area contributed by atoms with Crippen molar-refractivity contribution in [2.45, 2.75) is 6.92 Å². The average molecular weight is 308 g/mol. The van der Waals surface area contributed by atoms with Gasteiger partial charge in [-0.1, -0.05) is 11.6 Å². The van der Waals surface area contributed by atoms with Crippen molar-refractivity contribution in [3.8, 4) is 11.3 Å². The number of rotatable bonds is 4. The fraction of sp³-hybridized carbons (Fsp3) is 0.0714. The maximum absolute atomic E-state index is 11.0. The van der Waals surface area contributed by atoms with Gasteiger partial charge in [0.05, 0.1) is 9.95 Å². The number of nitrogens with zero attached hydrogens (tertiary/aromatic N) is 1. The summed E-state index contributed by atoms with van der Waals surface area (Å²) in [5, 5.41) is 19.8. The molecule has 6 nitrogen and oxygen atoms in total. The smallest absolute Gasteiger partial charge is 0.328 e. The van der Waals surface area contributed by atoms with Crippen molar-refractivity contribution in [2.24, 2.45) is 0 Å². The predicted octanol–water partition coefficient (Wildman–Crippen LogP) is 3.91. The van der Waals surface area contributed by atoms with E-state index < -0.39 is 10.9 Å². The van der Waals surface area contributed by atoms with Crippen LogP contribution in [0.1, 0.15) is 11.3 Å². The van der Waals surface area contributed by atoms with Crippen LogP contribution in [0.2, 0.25) is 5.02 Å². The second-order valence-corrected chi connectivity index (χ2v) is 4.64. The molecule has 0 aliphatic rings. The maximum Gasteiger partial charge on any atom is 0.328 e. The summed E-state index contributed by atoms with van der Waals surface area (Å²) in [6.07, 6.45) is 2.23. The molecule has 0 radical (unpaired) electrons. The average Bonchev–Trinajstić information content (AvgIpc) is 2.87. The fourth-order valence-corrected chi connectivity index (χ4v) is 1.96. The molecule has 0 fully saturated rings. The van der Waals surface area contributed by atoms with E-state index in [0.717, 1.165) is 6.08 Å². The number of carboxylic acid groups (broad SMARTS) is 1. The Labute approximate surface area is 124 Å². The Kier molecular flexibility index (Phi) is 4.09. The highest BCUT2D eigenvalue weighted by Gasteiger charge is 2.17. The molecule has 0 saturated heterocycles. The summed E-state index contributed by atoms with van der Waals surface area (Å²) >= 11 is 5.98. The van der Waals surface area contributed by atoms with Crippen LogP contribution < -0.4 is 0 Å². The van der Waals surface area contributed by atoms with E-state index in [1.165, 1.54) is 12.1 Å². The zero-order chi connectivity index (χ0) is 15.6. The highest BCUT2D eigenvalue weighted by Crippen LogP contribution is 2.33. The number of aliphatic carboxylic acids is 1. The van der Waals surface area contributed by atoms with E-state index in [1.54, 1.807) is 25.1 Å². The third-order valence-corrected chi connectivity index (χ3v) is 3.21. The number of carboxylic acids is 1. The van der Waals surface area contributed by atoms with Gasteiger partial charge in [-0.05, 0) is 31.2 Å². The largest absolute Gasteiger partial charge is 0.478 e. The standard InChI is InChI=1S/C14H10ClNO5/c1-8-11(15)6-9(7-12(8)16(19)20)13-4-2-10(21-13)3-5-14(17)18/h2-7H,1H3,(H,17,18)/b5-3+. The summed E-state index contributed by atoms with van der Waals surface area (Å²) in [5.41, 5.74) is 0.728. The van der Waals surface area contributed by atoms with E-state index >= 15 is 0 Å². The van der Waals surface area contributed by atoms with E-state index in [4.69, 9.17) is 21.1 Å². The minimum atomic E-state index is -1.10. The first-order valence-corrected chi connectivity index (χ1v) is 6.22. The van der Waals surface area contributed by atoms with Gasteiger partial charge in [0.15, 0.2) is 0 Å². The number of carbonyl (C=O) groups is 1. The molecule has 21 heavy (non-hydrogen) atoms. The molecule has 0 amide bonds. The Balaban J connectivity index is 2.43. The molecule has 0 aliphatic heterocycles. The fourth-order valence-electron chi connectivity index (χ4n) is 1.75. The first-order valence-electron chi connectivity index (χ1n) is 5.84. The number of furan rings is 1. The number of nitro groups is 1. The number of nitro benzene ring substituents is 1. The topological polar surface area (TPSA) is 93.6 Å². The van der Waals surface area contributed by atoms with Gasteiger partial charge >= 0.3 is 5.97 Å². The van der Waals surface area contributed by atoms with Crippen molar-refractivity contribution in [3.63, 3.8) is 0 Å². The van der Waals surface area contributed by atoms with Gasteiger partial charge in [-0.25, -0.2) is 4.79 Å².